The van der Waals surface area contributed by atoms with Crippen LogP contribution in [0.2, 0.25) is 0 Å². The van der Waals surface area contributed by atoms with Gasteiger partial charge in [-0.1, -0.05) is 20.3 Å². The van der Waals surface area contributed by atoms with Crippen molar-refractivity contribution in [2.75, 3.05) is 18.1 Å². The fourth-order valence-corrected chi connectivity index (χ4v) is 1.73. The van der Waals surface area contributed by atoms with Gasteiger partial charge in [0.15, 0.2) is 0 Å². The minimum absolute atomic E-state index is 0.573. The standard InChI is InChI=1S/C9H21NOS/c1-4-6-9(3)10-7-8-12(11)5-2/h9-10H,4-8H2,1-3H3. The summed E-state index contributed by atoms with van der Waals surface area (Å²) < 4.78 is 11.0. The van der Waals surface area contributed by atoms with E-state index >= 15 is 0 Å². The van der Waals surface area contributed by atoms with Crippen LogP contribution in [-0.2, 0) is 10.8 Å². The molecule has 0 heterocycles. The van der Waals surface area contributed by atoms with Gasteiger partial charge < -0.3 is 5.32 Å². The third-order valence-corrected chi connectivity index (χ3v) is 3.17. The first-order valence-electron chi connectivity index (χ1n) is 4.79. The van der Waals surface area contributed by atoms with Gasteiger partial charge in [-0.3, -0.25) is 4.21 Å². The molecule has 0 fully saturated rings. The molecule has 3 heteroatoms. The molecule has 0 aliphatic heterocycles. The van der Waals surface area contributed by atoms with Crippen molar-refractivity contribution < 1.29 is 4.21 Å². The minimum atomic E-state index is -0.610. The van der Waals surface area contributed by atoms with Crippen molar-refractivity contribution in [1.82, 2.24) is 5.32 Å². The first kappa shape index (κ1) is 12.1. The smallest absolute Gasteiger partial charge is 0.0360 e. The van der Waals surface area contributed by atoms with E-state index in [2.05, 4.69) is 19.2 Å². The maximum absolute atomic E-state index is 11.0. The van der Waals surface area contributed by atoms with E-state index < -0.39 is 10.8 Å². The number of rotatable bonds is 7. The Bertz CT molecular complexity index is 128. The Morgan fingerprint density at radius 2 is 2.08 bits per heavy atom. The van der Waals surface area contributed by atoms with Gasteiger partial charge in [0.25, 0.3) is 0 Å². The molecule has 74 valence electrons. The topological polar surface area (TPSA) is 29.1 Å². The van der Waals surface area contributed by atoms with Gasteiger partial charge in [0.2, 0.25) is 0 Å². The monoisotopic (exact) mass is 191 g/mol. The van der Waals surface area contributed by atoms with E-state index in [0.717, 1.165) is 18.1 Å². The molecule has 2 nitrogen and oxygen atoms in total. The van der Waals surface area contributed by atoms with Crippen LogP contribution in [0.1, 0.15) is 33.6 Å². The molecule has 2 atom stereocenters. The second kappa shape index (κ2) is 7.74. The van der Waals surface area contributed by atoms with Crippen LogP contribution in [0.25, 0.3) is 0 Å². The highest BCUT2D eigenvalue weighted by Gasteiger charge is 2.00. The molecule has 0 aromatic carbocycles. The van der Waals surface area contributed by atoms with Crippen molar-refractivity contribution in [3.8, 4) is 0 Å². The molecule has 12 heavy (non-hydrogen) atoms. The van der Waals surface area contributed by atoms with Crippen LogP contribution in [0.5, 0.6) is 0 Å². The first-order chi connectivity index (χ1) is 5.70. The van der Waals surface area contributed by atoms with E-state index in [9.17, 15) is 4.21 Å². The average Bonchev–Trinajstić information content (AvgIpc) is 2.04. The van der Waals surface area contributed by atoms with Crippen molar-refractivity contribution in [3.63, 3.8) is 0 Å². The molecule has 0 aromatic heterocycles. The summed E-state index contributed by atoms with van der Waals surface area (Å²) in [4.78, 5) is 0. The zero-order chi connectivity index (χ0) is 9.40. The first-order valence-corrected chi connectivity index (χ1v) is 6.27. The normalized spacial score (nSPS) is 15.9. The Labute approximate surface area is 78.6 Å². The van der Waals surface area contributed by atoms with Gasteiger partial charge in [-0.05, 0) is 13.3 Å². The van der Waals surface area contributed by atoms with E-state index in [0.29, 0.717) is 6.04 Å². The molecule has 0 rings (SSSR count). The number of hydrogen-bond acceptors (Lipinski definition) is 2. The van der Waals surface area contributed by atoms with E-state index in [-0.39, 0.29) is 0 Å². The molecule has 0 radical (unpaired) electrons. The zero-order valence-electron chi connectivity index (χ0n) is 8.43. The summed E-state index contributed by atoms with van der Waals surface area (Å²) in [7, 11) is -0.610. The van der Waals surface area contributed by atoms with Crippen LogP contribution in [0.15, 0.2) is 0 Å². The van der Waals surface area contributed by atoms with Gasteiger partial charge in [-0.25, -0.2) is 0 Å². The second-order valence-corrected chi connectivity index (χ2v) is 4.94. The molecular formula is C9H21NOS. The summed E-state index contributed by atoms with van der Waals surface area (Å²) in [5.74, 6) is 1.58. The van der Waals surface area contributed by atoms with Gasteiger partial charge in [0.1, 0.15) is 0 Å². The van der Waals surface area contributed by atoms with E-state index in [1.807, 2.05) is 6.92 Å². The molecule has 0 saturated carbocycles. The summed E-state index contributed by atoms with van der Waals surface area (Å²) in [6.45, 7) is 7.22. The van der Waals surface area contributed by atoms with Crippen LogP contribution in [0.4, 0.5) is 0 Å². The Hall–Kier alpha value is 0.110. The summed E-state index contributed by atoms with van der Waals surface area (Å²) in [6, 6.07) is 0.573. The second-order valence-electron chi connectivity index (χ2n) is 3.08. The van der Waals surface area contributed by atoms with Gasteiger partial charge >= 0.3 is 0 Å². The molecule has 0 amide bonds. The predicted molar refractivity (Wildman–Crippen MR) is 55.9 cm³/mol. The van der Waals surface area contributed by atoms with Gasteiger partial charge in [-0.2, -0.15) is 0 Å². The Morgan fingerprint density at radius 3 is 2.58 bits per heavy atom. The van der Waals surface area contributed by atoms with Crippen molar-refractivity contribution in [1.29, 1.82) is 0 Å². The molecule has 0 aliphatic carbocycles. The molecule has 0 aliphatic rings. The summed E-state index contributed by atoms with van der Waals surface area (Å²) in [5.41, 5.74) is 0. The lowest BCUT2D eigenvalue weighted by Gasteiger charge is -2.11. The maximum atomic E-state index is 11.0. The fraction of sp³-hybridized carbons (Fsp3) is 1.00. The average molecular weight is 191 g/mol. The lowest BCUT2D eigenvalue weighted by atomic mass is 10.2. The molecule has 0 saturated heterocycles. The van der Waals surface area contributed by atoms with Crippen LogP contribution < -0.4 is 5.32 Å². The molecule has 0 spiro atoms. The highest BCUT2D eigenvalue weighted by molar-refractivity contribution is 7.84. The quantitative estimate of drug-likeness (QED) is 0.661. The molecular weight excluding hydrogens is 170 g/mol. The highest BCUT2D eigenvalue weighted by atomic mass is 32.2. The van der Waals surface area contributed by atoms with Crippen molar-refractivity contribution in [2.45, 2.75) is 39.7 Å². The zero-order valence-corrected chi connectivity index (χ0v) is 9.25. The Morgan fingerprint density at radius 1 is 1.42 bits per heavy atom. The lowest BCUT2D eigenvalue weighted by Crippen LogP contribution is -2.29. The Kier molecular flexibility index (Phi) is 7.81. The predicted octanol–water partition coefficient (Wildman–Crippen LogP) is 1.53. The minimum Gasteiger partial charge on any atom is -0.313 e. The van der Waals surface area contributed by atoms with Crippen LogP contribution >= 0.6 is 0 Å². The van der Waals surface area contributed by atoms with E-state index in [1.54, 1.807) is 0 Å². The van der Waals surface area contributed by atoms with Crippen LogP contribution in [-0.4, -0.2) is 28.3 Å². The third kappa shape index (κ3) is 6.80. The Balaban J connectivity index is 3.24. The van der Waals surface area contributed by atoms with Gasteiger partial charge in [0.05, 0.1) is 0 Å². The molecule has 2 unspecified atom stereocenters. The van der Waals surface area contributed by atoms with Crippen LogP contribution in [0, 0.1) is 0 Å². The fourth-order valence-electron chi connectivity index (χ4n) is 1.10. The summed E-state index contributed by atoms with van der Waals surface area (Å²) in [6.07, 6.45) is 2.42. The lowest BCUT2D eigenvalue weighted by molar-refractivity contribution is 0.525. The molecule has 0 bridgehead atoms. The highest BCUT2D eigenvalue weighted by Crippen LogP contribution is 1.93. The number of hydrogen-bond donors (Lipinski definition) is 1. The molecule has 1 N–H and O–H groups in total. The number of nitrogens with one attached hydrogen (secondary N) is 1. The summed E-state index contributed by atoms with van der Waals surface area (Å²) >= 11 is 0. The summed E-state index contributed by atoms with van der Waals surface area (Å²) in [5, 5.41) is 3.36. The van der Waals surface area contributed by atoms with Crippen molar-refractivity contribution >= 4 is 10.8 Å². The van der Waals surface area contributed by atoms with Crippen LogP contribution in [0.3, 0.4) is 0 Å². The van der Waals surface area contributed by atoms with Crippen molar-refractivity contribution in [2.24, 2.45) is 0 Å². The van der Waals surface area contributed by atoms with Gasteiger partial charge in [-0.15, -0.1) is 0 Å². The maximum Gasteiger partial charge on any atom is 0.0360 e. The molecule has 0 aromatic rings. The van der Waals surface area contributed by atoms with Gasteiger partial charge in [0, 0.05) is 34.9 Å². The third-order valence-electron chi connectivity index (χ3n) is 1.87. The van der Waals surface area contributed by atoms with E-state index in [1.165, 1.54) is 12.8 Å². The SMILES string of the molecule is CCCC(C)NCCS(=O)CC. The van der Waals surface area contributed by atoms with Crippen molar-refractivity contribution in [3.05, 3.63) is 0 Å². The van der Waals surface area contributed by atoms with E-state index in [4.69, 9.17) is 0 Å². The largest absolute Gasteiger partial charge is 0.313 e.